The van der Waals surface area contributed by atoms with Crippen LogP contribution in [0.15, 0.2) is 30.3 Å². The van der Waals surface area contributed by atoms with Gasteiger partial charge < -0.3 is 10.4 Å². The van der Waals surface area contributed by atoms with Gasteiger partial charge in [0.25, 0.3) is 0 Å². The van der Waals surface area contributed by atoms with Crippen molar-refractivity contribution in [1.29, 1.82) is 0 Å². The van der Waals surface area contributed by atoms with Crippen LogP contribution in [0.5, 0.6) is 0 Å². The van der Waals surface area contributed by atoms with Crippen molar-refractivity contribution in [3.05, 3.63) is 35.9 Å². The third-order valence-corrected chi connectivity index (χ3v) is 4.49. The zero-order chi connectivity index (χ0) is 14.9. The first kappa shape index (κ1) is 16.0. The van der Waals surface area contributed by atoms with Gasteiger partial charge >= 0.3 is 5.97 Å². The van der Waals surface area contributed by atoms with E-state index >= 15 is 0 Å². The highest BCUT2D eigenvalue weighted by Crippen LogP contribution is 2.24. The summed E-state index contributed by atoms with van der Waals surface area (Å²) in [5, 5.41) is 12.6. The lowest BCUT2D eigenvalue weighted by molar-refractivity contribution is -0.142. The summed E-state index contributed by atoms with van der Waals surface area (Å²) in [7, 11) is 0. The fourth-order valence-corrected chi connectivity index (χ4v) is 3.13. The number of aryl methyl sites for hydroxylation is 1. The maximum atomic E-state index is 10.9. The van der Waals surface area contributed by atoms with Gasteiger partial charge in [-0.25, -0.2) is 0 Å². The standard InChI is InChI=1S/C18H27NO2/c20-18(21)16-10-12-17(13-11-16)19-14-6-2-5-9-15-7-3-1-4-8-15/h1,3-4,7-8,16-17,19H,2,5-6,9-14H2,(H,20,21). The van der Waals surface area contributed by atoms with E-state index in [-0.39, 0.29) is 5.92 Å². The van der Waals surface area contributed by atoms with Crippen LogP contribution in [0, 0.1) is 5.92 Å². The Balaban J connectivity index is 1.48. The molecule has 3 nitrogen and oxygen atoms in total. The molecule has 1 aromatic carbocycles. The molecule has 0 heterocycles. The highest BCUT2D eigenvalue weighted by atomic mass is 16.4. The van der Waals surface area contributed by atoms with E-state index < -0.39 is 5.97 Å². The van der Waals surface area contributed by atoms with Gasteiger partial charge in [0.15, 0.2) is 0 Å². The van der Waals surface area contributed by atoms with Crippen molar-refractivity contribution in [3.8, 4) is 0 Å². The van der Waals surface area contributed by atoms with Gasteiger partial charge in [0.2, 0.25) is 0 Å². The zero-order valence-corrected chi connectivity index (χ0v) is 12.8. The second kappa shape index (κ2) is 8.83. The third-order valence-electron chi connectivity index (χ3n) is 4.49. The summed E-state index contributed by atoms with van der Waals surface area (Å²) in [4.78, 5) is 10.9. The van der Waals surface area contributed by atoms with Crippen LogP contribution < -0.4 is 5.32 Å². The smallest absolute Gasteiger partial charge is 0.306 e. The van der Waals surface area contributed by atoms with Crippen molar-refractivity contribution in [2.24, 2.45) is 5.92 Å². The summed E-state index contributed by atoms with van der Waals surface area (Å²) in [5.74, 6) is -0.719. The number of carbonyl (C=O) groups is 1. The number of nitrogens with one attached hydrogen (secondary N) is 1. The molecule has 1 aliphatic rings. The van der Waals surface area contributed by atoms with Crippen molar-refractivity contribution < 1.29 is 9.90 Å². The van der Waals surface area contributed by atoms with Gasteiger partial charge in [0.1, 0.15) is 0 Å². The lowest BCUT2D eigenvalue weighted by Crippen LogP contribution is -2.35. The summed E-state index contributed by atoms with van der Waals surface area (Å²) in [6, 6.07) is 11.2. The minimum absolute atomic E-state index is 0.103. The van der Waals surface area contributed by atoms with Crippen LogP contribution in [0.4, 0.5) is 0 Å². The summed E-state index contributed by atoms with van der Waals surface area (Å²) >= 11 is 0. The van der Waals surface area contributed by atoms with Crippen LogP contribution in [0.3, 0.4) is 0 Å². The quantitative estimate of drug-likeness (QED) is 0.718. The monoisotopic (exact) mass is 289 g/mol. The number of benzene rings is 1. The van der Waals surface area contributed by atoms with Crippen molar-refractivity contribution >= 4 is 5.97 Å². The topological polar surface area (TPSA) is 49.3 Å². The number of aliphatic carboxylic acids is 1. The molecule has 0 bridgehead atoms. The van der Waals surface area contributed by atoms with Gasteiger partial charge in [-0.2, -0.15) is 0 Å². The van der Waals surface area contributed by atoms with Crippen molar-refractivity contribution in [1.82, 2.24) is 5.32 Å². The van der Waals surface area contributed by atoms with Crippen molar-refractivity contribution in [2.45, 2.75) is 57.4 Å². The summed E-state index contributed by atoms with van der Waals surface area (Å²) in [6.07, 6.45) is 8.59. The van der Waals surface area contributed by atoms with E-state index in [1.165, 1.54) is 31.2 Å². The Bertz CT molecular complexity index is 410. The van der Waals surface area contributed by atoms with Gasteiger partial charge in [0, 0.05) is 6.04 Å². The molecule has 0 amide bonds. The molecule has 1 saturated carbocycles. The normalized spacial score (nSPS) is 22.1. The van der Waals surface area contributed by atoms with E-state index in [1.807, 2.05) is 0 Å². The van der Waals surface area contributed by atoms with E-state index in [0.29, 0.717) is 6.04 Å². The Morgan fingerprint density at radius 1 is 1.05 bits per heavy atom. The number of carboxylic acids is 1. The number of carboxylic acid groups (broad SMARTS) is 1. The molecule has 0 spiro atoms. The molecular weight excluding hydrogens is 262 g/mol. The van der Waals surface area contributed by atoms with E-state index in [9.17, 15) is 4.79 Å². The predicted molar refractivity (Wildman–Crippen MR) is 85.4 cm³/mol. The van der Waals surface area contributed by atoms with Gasteiger partial charge in [-0.05, 0) is 57.1 Å². The molecule has 21 heavy (non-hydrogen) atoms. The molecule has 0 aliphatic heterocycles. The first-order chi connectivity index (χ1) is 10.3. The molecule has 0 atom stereocenters. The first-order valence-electron chi connectivity index (χ1n) is 8.26. The van der Waals surface area contributed by atoms with Gasteiger partial charge in [-0.3, -0.25) is 4.79 Å². The maximum absolute atomic E-state index is 10.9. The summed E-state index contributed by atoms with van der Waals surface area (Å²) < 4.78 is 0. The van der Waals surface area contributed by atoms with E-state index in [1.54, 1.807) is 0 Å². The number of hydrogen-bond donors (Lipinski definition) is 2. The zero-order valence-electron chi connectivity index (χ0n) is 12.8. The molecule has 1 fully saturated rings. The highest BCUT2D eigenvalue weighted by molar-refractivity contribution is 5.70. The Morgan fingerprint density at radius 3 is 2.43 bits per heavy atom. The van der Waals surface area contributed by atoms with Crippen LogP contribution >= 0.6 is 0 Å². The summed E-state index contributed by atoms with van der Waals surface area (Å²) in [5.41, 5.74) is 1.43. The molecule has 0 aromatic heterocycles. The first-order valence-corrected chi connectivity index (χ1v) is 8.26. The molecular formula is C18H27NO2. The third kappa shape index (κ3) is 5.88. The molecule has 2 N–H and O–H groups in total. The predicted octanol–water partition coefficient (Wildman–Crippen LogP) is 3.63. The summed E-state index contributed by atoms with van der Waals surface area (Å²) in [6.45, 7) is 1.07. The van der Waals surface area contributed by atoms with Crippen LogP contribution in [0.25, 0.3) is 0 Å². The van der Waals surface area contributed by atoms with Gasteiger partial charge in [-0.1, -0.05) is 36.8 Å². The maximum Gasteiger partial charge on any atom is 0.306 e. The fraction of sp³-hybridized carbons (Fsp3) is 0.611. The fourth-order valence-electron chi connectivity index (χ4n) is 3.13. The number of rotatable bonds is 8. The van der Waals surface area contributed by atoms with E-state index in [2.05, 4.69) is 35.6 Å². The van der Waals surface area contributed by atoms with Crippen molar-refractivity contribution in [2.75, 3.05) is 6.54 Å². The van der Waals surface area contributed by atoms with E-state index in [4.69, 9.17) is 5.11 Å². The molecule has 2 rings (SSSR count). The number of hydrogen-bond acceptors (Lipinski definition) is 2. The lowest BCUT2D eigenvalue weighted by Gasteiger charge is -2.26. The Hall–Kier alpha value is -1.35. The largest absolute Gasteiger partial charge is 0.481 e. The lowest BCUT2D eigenvalue weighted by atomic mass is 9.86. The molecule has 1 aromatic rings. The molecule has 116 valence electrons. The minimum Gasteiger partial charge on any atom is -0.481 e. The number of unbranched alkanes of at least 4 members (excludes halogenated alkanes) is 2. The van der Waals surface area contributed by atoms with E-state index in [0.717, 1.165) is 32.2 Å². The van der Waals surface area contributed by atoms with Gasteiger partial charge in [0.05, 0.1) is 5.92 Å². The second-order valence-electron chi connectivity index (χ2n) is 6.14. The minimum atomic E-state index is -0.616. The molecule has 3 heteroatoms. The molecule has 0 saturated heterocycles. The van der Waals surface area contributed by atoms with Crippen LogP contribution in [-0.2, 0) is 11.2 Å². The van der Waals surface area contributed by atoms with Crippen molar-refractivity contribution in [3.63, 3.8) is 0 Å². The van der Waals surface area contributed by atoms with Gasteiger partial charge in [-0.15, -0.1) is 0 Å². The Kier molecular flexibility index (Phi) is 6.74. The Morgan fingerprint density at radius 2 is 1.76 bits per heavy atom. The average molecular weight is 289 g/mol. The second-order valence-corrected chi connectivity index (χ2v) is 6.14. The SMILES string of the molecule is O=C(O)C1CCC(NCCCCCc2ccccc2)CC1. The van der Waals surface area contributed by atoms with Crippen LogP contribution in [0.1, 0.15) is 50.5 Å². The highest BCUT2D eigenvalue weighted by Gasteiger charge is 2.25. The average Bonchev–Trinajstić information content (AvgIpc) is 2.52. The molecule has 1 aliphatic carbocycles. The molecule has 0 unspecified atom stereocenters. The van der Waals surface area contributed by atoms with Crippen LogP contribution in [-0.4, -0.2) is 23.7 Å². The Labute approximate surface area is 127 Å². The van der Waals surface area contributed by atoms with Crippen LogP contribution in [0.2, 0.25) is 0 Å². The molecule has 0 radical (unpaired) electrons.